The molecule has 0 aliphatic carbocycles. The number of tetrazole rings is 1. The van der Waals surface area contributed by atoms with E-state index in [0.29, 0.717) is 18.0 Å². The molecule has 3 aromatic rings. The highest BCUT2D eigenvalue weighted by Gasteiger charge is 2.20. The van der Waals surface area contributed by atoms with Crippen molar-refractivity contribution in [2.45, 2.75) is 31.0 Å². The SMILES string of the molecule is CC(C)Cc1cc(-c2ccc(Cn3ncnn3)cc2)c(S(N)(=O)=O)s1. The Balaban J connectivity index is 1.93. The van der Waals surface area contributed by atoms with Crippen molar-refractivity contribution in [3.8, 4) is 11.1 Å². The highest BCUT2D eigenvalue weighted by atomic mass is 32.2. The van der Waals surface area contributed by atoms with Gasteiger partial charge in [0, 0.05) is 10.4 Å². The molecule has 0 aliphatic rings. The zero-order chi connectivity index (χ0) is 18.0. The molecule has 0 bridgehead atoms. The third-order valence-corrected chi connectivity index (χ3v) is 6.23. The molecule has 0 saturated carbocycles. The first-order valence-corrected chi connectivity index (χ1v) is 10.1. The van der Waals surface area contributed by atoms with Gasteiger partial charge in [-0.3, -0.25) is 0 Å². The van der Waals surface area contributed by atoms with E-state index >= 15 is 0 Å². The molecule has 2 heterocycles. The Morgan fingerprint density at radius 3 is 2.52 bits per heavy atom. The van der Waals surface area contributed by atoms with E-state index in [2.05, 4.69) is 29.3 Å². The average Bonchev–Trinajstić information content (AvgIpc) is 3.16. The van der Waals surface area contributed by atoms with Crippen LogP contribution in [0.3, 0.4) is 0 Å². The van der Waals surface area contributed by atoms with Crippen molar-refractivity contribution >= 4 is 21.4 Å². The molecule has 0 fully saturated rings. The van der Waals surface area contributed by atoms with Gasteiger partial charge >= 0.3 is 0 Å². The van der Waals surface area contributed by atoms with Gasteiger partial charge in [0.2, 0.25) is 10.0 Å². The van der Waals surface area contributed by atoms with Crippen LogP contribution in [-0.2, 0) is 23.0 Å². The Bertz CT molecular complexity index is 945. The van der Waals surface area contributed by atoms with Gasteiger partial charge in [0.1, 0.15) is 4.21 Å². The summed E-state index contributed by atoms with van der Waals surface area (Å²) in [5, 5.41) is 16.9. The van der Waals surface area contributed by atoms with E-state index in [-0.39, 0.29) is 4.21 Å². The molecule has 0 unspecified atom stereocenters. The monoisotopic (exact) mass is 377 g/mol. The summed E-state index contributed by atoms with van der Waals surface area (Å²) in [5.74, 6) is 0.442. The van der Waals surface area contributed by atoms with Crippen molar-refractivity contribution in [2.24, 2.45) is 11.1 Å². The molecule has 132 valence electrons. The fourth-order valence-corrected chi connectivity index (χ4v) is 4.94. The minimum atomic E-state index is -3.76. The topological polar surface area (TPSA) is 104 Å². The van der Waals surface area contributed by atoms with E-state index in [1.165, 1.54) is 22.5 Å². The molecular formula is C16H19N5O2S2. The van der Waals surface area contributed by atoms with E-state index in [4.69, 9.17) is 5.14 Å². The number of hydrogen-bond donors (Lipinski definition) is 1. The lowest BCUT2D eigenvalue weighted by molar-refractivity contribution is 0.572. The van der Waals surface area contributed by atoms with Gasteiger partial charge < -0.3 is 0 Å². The molecule has 0 amide bonds. The molecule has 25 heavy (non-hydrogen) atoms. The molecule has 0 atom stereocenters. The summed E-state index contributed by atoms with van der Waals surface area (Å²) in [6.07, 6.45) is 2.21. The number of hydrogen-bond acceptors (Lipinski definition) is 6. The lowest BCUT2D eigenvalue weighted by Crippen LogP contribution is -2.11. The number of thiophene rings is 1. The lowest BCUT2D eigenvalue weighted by atomic mass is 10.0. The Labute approximate surface area is 150 Å². The highest BCUT2D eigenvalue weighted by Crippen LogP contribution is 2.35. The number of primary sulfonamides is 1. The van der Waals surface area contributed by atoms with Crippen molar-refractivity contribution < 1.29 is 8.42 Å². The number of aromatic nitrogens is 4. The normalized spacial score (nSPS) is 12.0. The van der Waals surface area contributed by atoms with Crippen LogP contribution in [0.25, 0.3) is 11.1 Å². The fraction of sp³-hybridized carbons (Fsp3) is 0.312. The van der Waals surface area contributed by atoms with Gasteiger partial charge in [-0.2, -0.15) is 4.80 Å². The van der Waals surface area contributed by atoms with Crippen LogP contribution in [-0.4, -0.2) is 28.6 Å². The molecule has 0 saturated heterocycles. The number of benzene rings is 1. The summed E-state index contributed by atoms with van der Waals surface area (Å²) in [5.41, 5.74) is 2.48. The van der Waals surface area contributed by atoms with E-state index < -0.39 is 10.0 Å². The van der Waals surface area contributed by atoms with Gasteiger partial charge in [0.15, 0.2) is 6.33 Å². The molecule has 0 spiro atoms. The predicted octanol–water partition coefficient (Wildman–Crippen LogP) is 2.30. The minimum Gasteiger partial charge on any atom is -0.224 e. The van der Waals surface area contributed by atoms with Crippen molar-refractivity contribution in [3.05, 3.63) is 47.1 Å². The first-order valence-electron chi connectivity index (χ1n) is 7.78. The van der Waals surface area contributed by atoms with E-state index in [0.717, 1.165) is 22.4 Å². The number of nitrogens with zero attached hydrogens (tertiary/aromatic N) is 4. The van der Waals surface area contributed by atoms with Crippen molar-refractivity contribution in [1.29, 1.82) is 0 Å². The summed E-state index contributed by atoms with van der Waals surface area (Å²) < 4.78 is 24.1. The zero-order valence-corrected chi connectivity index (χ0v) is 15.6. The molecule has 9 heteroatoms. The summed E-state index contributed by atoms with van der Waals surface area (Å²) in [7, 11) is -3.76. The van der Waals surface area contributed by atoms with Crippen LogP contribution in [0.1, 0.15) is 24.3 Å². The zero-order valence-electron chi connectivity index (χ0n) is 14.0. The lowest BCUT2D eigenvalue weighted by Gasteiger charge is -2.04. The van der Waals surface area contributed by atoms with Crippen LogP contribution < -0.4 is 5.14 Å². The second kappa shape index (κ2) is 7.03. The maximum absolute atomic E-state index is 12.0. The number of nitrogens with two attached hydrogens (primary N) is 1. The van der Waals surface area contributed by atoms with Crippen LogP contribution in [0.15, 0.2) is 40.9 Å². The van der Waals surface area contributed by atoms with Crippen molar-refractivity contribution in [2.75, 3.05) is 0 Å². The Morgan fingerprint density at radius 2 is 1.96 bits per heavy atom. The molecule has 7 nitrogen and oxygen atoms in total. The van der Waals surface area contributed by atoms with Crippen LogP contribution >= 0.6 is 11.3 Å². The third-order valence-electron chi connectivity index (χ3n) is 3.60. The average molecular weight is 377 g/mol. The van der Waals surface area contributed by atoms with Gasteiger partial charge in [0.05, 0.1) is 6.54 Å². The van der Waals surface area contributed by atoms with Gasteiger partial charge in [-0.05, 0) is 34.7 Å². The summed E-state index contributed by atoms with van der Waals surface area (Å²) in [6, 6.07) is 9.56. The second-order valence-electron chi connectivity index (χ2n) is 6.22. The summed E-state index contributed by atoms with van der Waals surface area (Å²) in [6.45, 7) is 4.70. The number of rotatable bonds is 6. The molecule has 0 aliphatic heterocycles. The summed E-state index contributed by atoms with van der Waals surface area (Å²) >= 11 is 1.25. The fourth-order valence-electron chi connectivity index (χ4n) is 2.55. The van der Waals surface area contributed by atoms with E-state index in [1.807, 2.05) is 30.3 Å². The minimum absolute atomic E-state index is 0.217. The van der Waals surface area contributed by atoms with Gasteiger partial charge in [-0.1, -0.05) is 38.1 Å². The Hall–Kier alpha value is -2.10. The first kappa shape index (κ1) is 17.7. The Morgan fingerprint density at radius 1 is 1.24 bits per heavy atom. The quantitative estimate of drug-likeness (QED) is 0.710. The van der Waals surface area contributed by atoms with Gasteiger partial charge in [-0.25, -0.2) is 13.6 Å². The predicted molar refractivity (Wildman–Crippen MR) is 96.6 cm³/mol. The largest absolute Gasteiger partial charge is 0.248 e. The van der Waals surface area contributed by atoms with E-state index in [9.17, 15) is 8.42 Å². The van der Waals surface area contributed by atoms with Crippen LogP contribution in [0, 0.1) is 5.92 Å². The first-order chi connectivity index (χ1) is 11.8. The maximum atomic E-state index is 12.0. The van der Waals surface area contributed by atoms with Crippen molar-refractivity contribution in [1.82, 2.24) is 20.2 Å². The van der Waals surface area contributed by atoms with Crippen LogP contribution in [0.5, 0.6) is 0 Å². The van der Waals surface area contributed by atoms with Gasteiger partial charge in [-0.15, -0.1) is 21.5 Å². The smallest absolute Gasteiger partial charge is 0.224 e. The van der Waals surface area contributed by atoms with Crippen LogP contribution in [0.2, 0.25) is 0 Å². The standard InChI is InChI=1S/C16H19N5O2S2/c1-11(2)7-14-8-15(16(24-14)25(17,22)23)13-5-3-12(4-6-13)9-21-19-10-18-20-21/h3-6,8,10-11H,7,9H2,1-2H3,(H2,17,22,23). The molecule has 2 aromatic heterocycles. The second-order valence-corrected chi connectivity index (χ2v) is 9.11. The number of sulfonamides is 1. The third kappa shape index (κ3) is 4.30. The Kier molecular flexibility index (Phi) is 4.98. The molecule has 2 N–H and O–H groups in total. The maximum Gasteiger partial charge on any atom is 0.248 e. The van der Waals surface area contributed by atoms with Crippen LogP contribution in [0.4, 0.5) is 0 Å². The highest BCUT2D eigenvalue weighted by molar-refractivity contribution is 7.91. The van der Waals surface area contributed by atoms with Gasteiger partial charge in [0.25, 0.3) is 0 Å². The van der Waals surface area contributed by atoms with Crippen molar-refractivity contribution in [3.63, 3.8) is 0 Å². The molecular weight excluding hydrogens is 358 g/mol. The summed E-state index contributed by atoms with van der Waals surface area (Å²) in [4.78, 5) is 2.50. The molecule has 1 aromatic carbocycles. The van der Waals surface area contributed by atoms with E-state index in [1.54, 1.807) is 0 Å². The molecule has 3 rings (SSSR count). The molecule has 0 radical (unpaired) electrons.